The lowest BCUT2D eigenvalue weighted by Gasteiger charge is -2.19. The lowest BCUT2D eigenvalue weighted by molar-refractivity contribution is 0.442. The van der Waals surface area contributed by atoms with Gasteiger partial charge in [0.05, 0.1) is 6.04 Å². The molecule has 1 aliphatic rings. The normalized spacial score (nSPS) is 17.8. The maximum absolute atomic E-state index is 5.64. The highest BCUT2D eigenvalue weighted by molar-refractivity contribution is 9.10. The number of nitrogens with two attached hydrogens (primary N) is 1. The zero-order valence-corrected chi connectivity index (χ0v) is 12.3. The van der Waals surface area contributed by atoms with E-state index in [0.29, 0.717) is 6.04 Å². The van der Waals surface area contributed by atoms with Gasteiger partial charge in [-0.05, 0) is 37.5 Å². The number of hydrazine groups is 1. The van der Waals surface area contributed by atoms with Gasteiger partial charge in [-0.25, -0.2) is 5.84 Å². The van der Waals surface area contributed by atoms with Crippen LogP contribution in [0.5, 0.6) is 0 Å². The van der Waals surface area contributed by atoms with Gasteiger partial charge in [0.15, 0.2) is 0 Å². The van der Waals surface area contributed by atoms with Crippen molar-refractivity contribution in [1.82, 2.24) is 5.43 Å². The first-order chi connectivity index (χ1) is 8.70. The number of amidine groups is 1. The molecule has 3 N–H and O–H groups in total. The maximum Gasteiger partial charge on any atom is 0.143 e. The molecule has 1 saturated carbocycles. The van der Waals surface area contributed by atoms with Crippen LogP contribution in [0.3, 0.4) is 0 Å². The van der Waals surface area contributed by atoms with Crippen molar-refractivity contribution < 1.29 is 0 Å². The van der Waals surface area contributed by atoms with Crippen LogP contribution in [-0.2, 0) is 0 Å². The van der Waals surface area contributed by atoms with Gasteiger partial charge in [0.1, 0.15) is 5.84 Å². The molecular formula is C14H20BrN3. The molecule has 1 aliphatic carbocycles. The second kappa shape index (κ2) is 6.34. The molecule has 3 nitrogen and oxygen atoms in total. The van der Waals surface area contributed by atoms with Gasteiger partial charge < -0.3 is 5.43 Å². The summed E-state index contributed by atoms with van der Waals surface area (Å²) in [7, 11) is 0. The van der Waals surface area contributed by atoms with Crippen molar-refractivity contribution in [1.29, 1.82) is 0 Å². The van der Waals surface area contributed by atoms with Crippen molar-refractivity contribution in [3.05, 3.63) is 33.8 Å². The molecule has 0 saturated heterocycles. The van der Waals surface area contributed by atoms with Crippen LogP contribution in [-0.4, -0.2) is 11.9 Å². The summed E-state index contributed by atoms with van der Waals surface area (Å²) >= 11 is 3.50. The minimum atomic E-state index is 0.420. The molecule has 2 rings (SSSR count). The number of hydrogen-bond donors (Lipinski definition) is 2. The predicted molar refractivity (Wildman–Crippen MR) is 79.6 cm³/mol. The van der Waals surface area contributed by atoms with Crippen LogP contribution in [0.2, 0.25) is 0 Å². The number of aryl methyl sites for hydroxylation is 1. The topological polar surface area (TPSA) is 50.4 Å². The molecule has 0 unspecified atom stereocenters. The van der Waals surface area contributed by atoms with Crippen LogP contribution in [0.15, 0.2) is 27.7 Å². The third-order valence-corrected chi connectivity index (χ3v) is 3.97. The quantitative estimate of drug-likeness (QED) is 0.381. The fourth-order valence-electron chi connectivity index (χ4n) is 2.43. The third kappa shape index (κ3) is 3.33. The summed E-state index contributed by atoms with van der Waals surface area (Å²) in [6.07, 6.45) is 6.26. The van der Waals surface area contributed by atoms with Gasteiger partial charge in [0.25, 0.3) is 0 Å². The van der Waals surface area contributed by atoms with Crippen LogP contribution >= 0.6 is 15.9 Å². The summed E-state index contributed by atoms with van der Waals surface area (Å²) < 4.78 is 1.05. The Morgan fingerprint density at radius 2 is 2.06 bits per heavy atom. The van der Waals surface area contributed by atoms with Crippen molar-refractivity contribution in [2.75, 3.05) is 0 Å². The highest BCUT2D eigenvalue weighted by atomic mass is 79.9. The van der Waals surface area contributed by atoms with Gasteiger partial charge in [-0.1, -0.05) is 41.3 Å². The summed E-state index contributed by atoms with van der Waals surface area (Å²) in [5.74, 6) is 6.45. The molecule has 0 heterocycles. The van der Waals surface area contributed by atoms with E-state index >= 15 is 0 Å². The van der Waals surface area contributed by atoms with Crippen LogP contribution in [0, 0.1) is 6.92 Å². The van der Waals surface area contributed by atoms with E-state index in [9.17, 15) is 0 Å². The largest absolute Gasteiger partial charge is 0.308 e. The molecule has 0 radical (unpaired) electrons. The van der Waals surface area contributed by atoms with Crippen LogP contribution < -0.4 is 11.3 Å². The van der Waals surface area contributed by atoms with Crippen LogP contribution in [0.4, 0.5) is 0 Å². The fraction of sp³-hybridized carbons (Fsp3) is 0.500. The average Bonchev–Trinajstić information content (AvgIpc) is 2.40. The molecule has 0 aliphatic heterocycles. The van der Waals surface area contributed by atoms with E-state index in [2.05, 4.69) is 40.4 Å². The SMILES string of the molecule is Cc1ccc(Br)cc1C(=NC1CCCCC1)NN. The molecule has 1 aromatic rings. The molecule has 0 aromatic heterocycles. The minimum absolute atomic E-state index is 0.420. The third-order valence-electron chi connectivity index (χ3n) is 3.48. The van der Waals surface area contributed by atoms with Gasteiger partial charge in [0, 0.05) is 10.0 Å². The maximum atomic E-state index is 5.64. The molecule has 1 aromatic carbocycles. The lowest BCUT2D eigenvalue weighted by atomic mass is 9.96. The van der Waals surface area contributed by atoms with Crippen LogP contribution in [0.25, 0.3) is 0 Å². The number of benzene rings is 1. The second-order valence-corrected chi connectivity index (χ2v) is 5.79. The average molecular weight is 310 g/mol. The molecule has 0 amide bonds. The number of nitrogens with one attached hydrogen (secondary N) is 1. The standard InChI is InChI=1S/C14H20BrN3/c1-10-7-8-11(15)9-13(10)14(18-16)17-12-5-3-2-4-6-12/h7-9,12H,2-6,16H2,1H3,(H,17,18). The van der Waals surface area contributed by atoms with Crippen molar-refractivity contribution in [2.24, 2.45) is 10.8 Å². The van der Waals surface area contributed by atoms with E-state index in [1.165, 1.54) is 37.7 Å². The van der Waals surface area contributed by atoms with Gasteiger partial charge in [-0.2, -0.15) is 0 Å². The predicted octanol–water partition coefficient (Wildman–Crippen LogP) is 3.30. The van der Waals surface area contributed by atoms with Gasteiger partial charge in [-0.15, -0.1) is 0 Å². The monoisotopic (exact) mass is 309 g/mol. The Morgan fingerprint density at radius 3 is 2.72 bits per heavy atom. The van der Waals surface area contributed by atoms with Crippen molar-refractivity contribution in [2.45, 2.75) is 45.1 Å². The molecular weight excluding hydrogens is 290 g/mol. The van der Waals surface area contributed by atoms with E-state index in [1.807, 2.05) is 6.07 Å². The summed E-state index contributed by atoms with van der Waals surface area (Å²) in [5.41, 5.74) is 5.03. The Labute approximate surface area is 117 Å². The molecule has 0 spiro atoms. The van der Waals surface area contributed by atoms with Crippen molar-refractivity contribution >= 4 is 21.8 Å². The van der Waals surface area contributed by atoms with Gasteiger partial charge in [0.2, 0.25) is 0 Å². The first-order valence-corrected chi connectivity index (χ1v) is 7.31. The number of rotatable bonds is 2. The lowest BCUT2D eigenvalue weighted by Crippen LogP contribution is -2.33. The zero-order valence-electron chi connectivity index (χ0n) is 10.7. The molecule has 98 valence electrons. The van der Waals surface area contributed by atoms with Crippen molar-refractivity contribution in [3.8, 4) is 0 Å². The highest BCUT2D eigenvalue weighted by Gasteiger charge is 2.14. The Hall–Kier alpha value is -0.870. The number of hydrogen-bond acceptors (Lipinski definition) is 2. The highest BCUT2D eigenvalue weighted by Crippen LogP contribution is 2.22. The Balaban J connectivity index is 2.26. The van der Waals surface area contributed by atoms with E-state index in [1.54, 1.807) is 0 Å². The second-order valence-electron chi connectivity index (χ2n) is 4.87. The number of aliphatic imine (C=N–C) groups is 1. The summed E-state index contributed by atoms with van der Waals surface area (Å²) in [5, 5.41) is 0. The van der Waals surface area contributed by atoms with Crippen molar-refractivity contribution in [3.63, 3.8) is 0 Å². The van der Waals surface area contributed by atoms with E-state index in [4.69, 9.17) is 10.8 Å². The van der Waals surface area contributed by atoms with E-state index in [0.717, 1.165) is 15.9 Å². The molecule has 1 fully saturated rings. The minimum Gasteiger partial charge on any atom is -0.308 e. The fourth-order valence-corrected chi connectivity index (χ4v) is 2.79. The summed E-state index contributed by atoms with van der Waals surface area (Å²) in [6.45, 7) is 2.08. The molecule has 0 bridgehead atoms. The molecule has 0 atom stereocenters. The molecule has 18 heavy (non-hydrogen) atoms. The molecule has 4 heteroatoms. The number of halogens is 1. The number of nitrogens with zero attached hydrogens (tertiary/aromatic N) is 1. The smallest absolute Gasteiger partial charge is 0.143 e. The zero-order chi connectivity index (χ0) is 13.0. The van der Waals surface area contributed by atoms with E-state index in [-0.39, 0.29) is 0 Å². The summed E-state index contributed by atoms with van der Waals surface area (Å²) in [4.78, 5) is 4.79. The van der Waals surface area contributed by atoms with E-state index < -0.39 is 0 Å². The Morgan fingerprint density at radius 1 is 1.33 bits per heavy atom. The van der Waals surface area contributed by atoms with Gasteiger partial charge in [-0.3, -0.25) is 4.99 Å². The first kappa shape index (κ1) is 13.6. The Bertz CT molecular complexity index is 437. The van der Waals surface area contributed by atoms with Crippen LogP contribution in [0.1, 0.15) is 43.2 Å². The summed E-state index contributed by atoms with van der Waals surface area (Å²) in [6, 6.07) is 6.60. The first-order valence-electron chi connectivity index (χ1n) is 6.51. The Kier molecular flexibility index (Phi) is 4.78. The van der Waals surface area contributed by atoms with Gasteiger partial charge >= 0.3 is 0 Å².